The van der Waals surface area contributed by atoms with E-state index in [0.29, 0.717) is 11.5 Å². The summed E-state index contributed by atoms with van der Waals surface area (Å²) in [7, 11) is 0. The SMILES string of the molecule is CC(C)(C)c1cc(C23CC4CC(C2)CC(c2ccc(O)c(C(C)(C)C)c2)(C4)C3)ccc1O. The summed E-state index contributed by atoms with van der Waals surface area (Å²) in [6, 6.07) is 13.0. The molecule has 0 saturated heterocycles. The summed E-state index contributed by atoms with van der Waals surface area (Å²) < 4.78 is 0. The Labute approximate surface area is 194 Å². The van der Waals surface area contributed by atoms with Gasteiger partial charge in [-0.2, -0.15) is 0 Å². The molecule has 0 atom stereocenters. The van der Waals surface area contributed by atoms with Crippen molar-refractivity contribution in [2.45, 2.75) is 102 Å². The molecule has 0 aliphatic heterocycles. The van der Waals surface area contributed by atoms with Gasteiger partial charge in [0, 0.05) is 0 Å². The lowest BCUT2D eigenvalue weighted by molar-refractivity contribution is -0.0282. The van der Waals surface area contributed by atoms with Crippen LogP contribution < -0.4 is 0 Å². The first kappa shape index (κ1) is 21.9. The van der Waals surface area contributed by atoms with Crippen LogP contribution in [-0.4, -0.2) is 10.2 Å². The monoisotopic (exact) mass is 432 g/mol. The molecule has 4 saturated carbocycles. The van der Waals surface area contributed by atoms with Gasteiger partial charge in [0.05, 0.1) is 0 Å². The van der Waals surface area contributed by atoms with Crippen molar-refractivity contribution < 1.29 is 10.2 Å². The molecule has 2 heteroatoms. The summed E-state index contributed by atoms with van der Waals surface area (Å²) >= 11 is 0. The second-order valence-electron chi connectivity index (χ2n) is 13.5. The summed E-state index contributed by atoms with van der Waals surface area (Å²) in [5.41, 5.74) is 5.29. The number of phenols is 2. The largest absolute Gasteiger partial charge is 0.508 e. The smallest absolute Gasteiger partial charge is 0.119 e. The third kappa shape index (κ3) is 3.37. The molecule has 32 heavy (non-hydrogen) atoms. The van der Waals surface area contributed by atoms with E-state index in [0.717, 1.165) is 23.0 Å². The lowest BCUT2D eigenvalue weighted by Gasteiger charge is -2.63. The third-order valence-electron chi connectivity index (χ3n) is 8.89. The second-order valence-corrected chi connectivity index (χ2v) is 13.5. The Hall–Kier alpha value is -1.96. The Morgan fingerprint density at radius 3 is 1.38 bits per heavy atom. The molecule has 4 bridgehead atoms. The lowest BCUT2D eigenvalue weighted by Crippen LogP contribution is -2.56. The Balaban J connectivity index is 1.61. The van der Waals surface area contributed by atoms with Gasteiger partial charge >= 0.3 is 0 Å². The van der Waals surface area contributed by atoms with E-state index in [2.05, 4.69) is 65.8 Å². The van der Waals surface area contributed by atoms with Gasteiger partial charge in [0.2, 0.25) is 0 Å². The zero-order valence-electron chi connectivity index (χ0n) is 20.8. The highest BCUT2D eigenvalue weighted by Crippen LogP contribution is 2.66. The van der Waals surface area contributed by atoms with Crippen LogP contribution in [-0.2, 0) is 21.7 Å². The summed E-state index contributed by atoms with van der Waals surface area (Å²) in [5, 5.41) is 21.2. The minimum absolute atomic E-state index is 0.0708. The molecule has 172 valence electrons. The molecule has 2 aromatic rings. The van der Waals surface area contributed by atoms with Gasteiger partial charge in [0.1, 0.15) is 11.5 Å². The van der Waals surface area contributed by atoms with Crippen LogP contribution in [0.1, 0.15) is 102 Å². The average molecular weight is 433 g/mol. The van der Waals surface area contributed by atoms with E-state index in [4.69, 9.17) is 0 Å². The third-order valence-corrected chi connectivity index (χ3v) is 8.89. The number of rotatable bonds is 2. The minimum Gasteiger partial charge on any atom is -0.508 e. The molecule has 0 amide bonds. The fraction of sp³-hybridized carbons (Fsp3) is 0.600. The van der Waals surface area contributed by atoms with Crippen molar-refractivity contribution in [3.63, 3.8) is 0 Å². The van der Waals surface area contributed by atoms with Crippen molar-refractivity contribution in [1.82, 2.24) is 0 Å². The molecule has 4 aliphatic rings. The molecular weight excluding hydrogens is 392 g/mol. The summed E-state index contributed by atoms with van der Waals surface area (Å²) in [6.07, 6.45) is 7.69. The normalized spacial score (nSPS) is 31.8. The zero-order chi connectivity index (χ0) is 23.1. The standard InChI is InChI=1S/C30H40O2/c1-27(2,3)23-12-21(7-9-25(23)31)29-14-19-11-20(15-29)17-30(16-19,18-29)22-8-10-26(32)24(13-22)28(4,5)6/h7-10,12-13,19-20,31-32H,11,14-18H2,1-6H3. The van der Waals surface area contributed by atoms with Gasteiger partial charge in [-0.15, -0.1) is 0 Å². The quantitative estimate of drug-likeness (QED) is 0.516. The average Bonchev–Trinajstić information content (AvgIpc) is 2.65. The first-order valence-electron chi connectivity index (χ1n) is 12.5. The molecule has 0 radical (unpaired) electrons. The van der Waals surface area contributed by atoms with E-state index in [1.165, 1.54) is 49.7 Å². The van der Waals surface area contributed by atoms with E-state index in [-0.39, 0.29) is 21.7 Å². The molecule has 4 aliphatic carbocycles. The molecule has 2 nitrogen and oxygen atoms in total. The Morgan fingerprint density at radius 2 is 1.03 bits per heavy atom. The van der Waals surface area contributed by atoms with Crippen molar-refractivity contribution in [3.05, 3.63) is 58.7 Å². The van der Waals surface area contributed by atoms with Crippen LogP contribution >= 0.6 is 0 Å². The van der Waals surface area contributed by atoms with Gasteiger partial charge in [-0.05, 0) is 106 Å². The number of hydrogen-bond donors (Lipinski definition) is 2. The Kier molecular flexibility index (Phi) is 4.63. The van der Waals surface area contributed by atoms with Crippen LogP contribution in [0.4, 0.5) is 0 Å². The van der Waals surface area contributed by atoms with Crippen molar-refractivity contribution in [3.8, 4) is 11.5 Å². The van der Waals surface area contributed by atoms with Crippen molar-refractivity contribution in [2.24, 2.45) is 11.8 Å². The summed E-state index contributed by atoms with van der Waals surface area (Å²) in [5.74, 6) is 2.40. The molecule has 0 heterocycles. The minimum atomic E-state index is -0.0708. The maximum absolute atomic E-state index is 10.6. The van der Waals surface area contributed by atoms with Gasteiger partial charge in [-0.25, -0.2) is 0 Å². The second kappa shape index (κ2) is 6.78. The Bertz CT molecular complexity index is 954. The van der Waals surface area contributed by atoms with E-state index in [1.54, 1.807) is 0 Å². The lowest BCUT2D eigenvalue weighted by atomic mass is 9.41. The van der Waals surface area contributed by atoms with Crippen molar-refractivity contribution >= 4 is 0 Å². The molecule has 6 rings (SSSR count). The van der Waals surface area contributed by atoms with E-state index in [9.17, 15) is 10.2 Å². The van der Waals surface area contributed by atoms with Crippen molar-refractivity contribution in [2.75, 3.05) is 0 Å². The molecule has 0 spiro atoms. The topological polar surface area (TPSA) is 40.5 Å². The maximum atomic E-state index is 10.6. The zero-order valence-corrected chi connectivity index (χ0v) is 20.8. The van der Waals surface area contributed by atoms with Crippen LogP contribution in [0.5, 0.6) is 11.5 Å². The van der Waals surface area contributed by atoms with Gasteiger partial charge in [0.15, 0.2) is 0 Å². The molecule has 2 N–H and O–H groups in total. The molecule has 0 unspecified atom stereocenters. The van der Waals surface area contributed by atoms with Gasteiger partial charge in [0.25, 0.3) is 0 Å². The van der Waals surface area contributed by atoms with Crippen molar-refractivity contribution in [1.29, 1.82) is 0 Å². The van der Waals surface area contributed by atoms with Crippen LogP contribution in [0.2, 0.25) is 0 Å². The number of hydrogen-bond acceptors (Lipinski definition) is 2. The first-order valence-corrected chi connectivity index (χ1v) is 12.5. The van der Waals surface area contributed by atoms with Crippen LogP contribution in [0.3, 0.4) is 0 Å². The molecule has 4 fully saturated rings. The molecule has 2 aromatic carbocycles. The van der Waals surface area contributed by atoms with Gasteiger partial charge in [-0.3, -0.25) is 0 Å². The maximum Gasteiger partial charge on any atom is 0.119 e. The van der Waals surface area contributed by atoms with E-state index in [1.807, 2.05) is 12.1 Å². The van der Waals surface area contributed by atoms with E-state index >= 15 is 0 Å². The number of phenolic OH excluding ortho intramolecular Hbond substituents is 2. The fourth-order valence-corrected chi connectivity index (χ4v) is 7.87. The fourth-order valence-electron chi connectivity index (χ4n) is 7.87. The van der Waals surface area contributed by atoms with Gasteiger partial charge in [-0.1, -0.05) is 65.8 Å². The Morgan fingerprint density at radius 1 is 0.656 bits per heavy atom. The van der Waals surface area contributed by atoms with E-state index < -0.39 is 0 Å². The predicted molar refractivity (Wildman–Crippen MR) is 132 cm³/mol. The van der Waals surface area contributed by atoms with Crippen LogP contribution in [0, 0.1) is 11.8 Å². The predicted octanol–water partition coefficient (Wildman–Crippen LogP) is 7.48. The molecular formula is C30H40O2. The highest BCUT2D eigenvalue weighted by atomic mass is 16.3. The first-order chi connectivity index (χ1) is 14.8. The van der Waals surface area contributed by atoms with Crippen LogP contribution in [0.25, 0.3) is 0 Å². The molecule has 0 aromatic heterocycles. The highest BCUT2D eigenvalue weighted by molar-refractivity contribution is 5.48. The van der Waals surface area contributed by atoms with Crippen LogP contribution in [0.15, 0.2) is 36.4 Å². The van der Waals surface area contributed by atoms with Gasteiger partial charge < -0.3 is 10.2 Å². The highest BCUT2D eigenvalue weighted by Gasteiger charge is 2.58. The number of benzene rings is 2. The summed E-state index contributed by atoms with van der Waals surface area (Å²) in [4.78, 5) is 0. The number of aromatic hydroxyl groups is 2. The summed E-state index contributed by atoms with van der Waals surface area (Å²) in [6.45, 7) is 13.2.